The van der Waals surface area contributed by atoms with E-state index in [2.05, 4.69) is 51.8 Å². The molecule has 3 unspecified atom stereocenters. The van der Waals surface area contributed by atoms with Gasteiger partial charge in [-0.1, -0.05) is 27.7 Å². The Morgan fingerprint density at radius 1 is 1.39 bits per heavy atom. The summed E-state index contributed by atoms with van der Waals surface area (Å²) in [4.78, 5) is 2.63. The Morgan fingerprint density at radius 2 is 2.06 bits per heavy atom. The second-order valence-electron chi connectivity index (χ2n) is 6.40. The van der Waals surface area contributed by atoms with Crippen LogP contribution in [0, 0.1) is 5.41 Å². The van der Waals surface area contributed by atoms with E-state index in [0.29, 0.717) is 23.6 Å². The molecule has 0 saturated carbocycles. The van der Waals surface area contributed by atoms with Gasteiger partial charge in [0, 0.05) is 25.2 Å². The summed E-state index contributed by atoms with van der Waals surface area (Å²) in [6.45, 7) is 17.8. The Kier molecular flexibility index (Phi) is 6.09. The van der Waals surface area contributed by atoms with Gasteiger partial charge in [0.15, 0.2) is 0 Å². The van der Waals surface area contributed by atoms with Crippen molar-refractivity contribution in [1.29, 1.82) is 0 Å². The van der Waals surface area contributed by atoms with Gasteiger partial charge in [-0.25, -0.2) is 0 Å². The molecule has 0 bridgehead atoms. The van der Waals surface area contributed by atoms with Gasteiger partial charge >= 0.3 is 0 Å². The number of ether oxygens (including phenoxy) is 1. The molecule has 1 saturated heterocycles. The van der Waals surface area contributed by atoms with Gasteiger partial charge in [0.25, 0.3) is 0 Å². The Labute approximate surface area is 113 Å². The van der Waals surface area contributed by atoms with E-state index in [1.165, 1.54) is 6.42 Å². The monoisotopic (exact) mass is 256 g/mol. The van der Waals surface area contributed by atoms with E-state index < -0.39 is 0 Å². The molecule has 1 aliphatic heterocycles. The molecule has 1 N–H and O–H groups in total. The zero-order chi connectivity index (χ0) is 13.8. The van der Waals surface area contributed by atoms with Crippen LogP contribution in [0.25, 0.3) is 0 Å². The van der Waals surface area contributed by atoms with Crippen LogP contribution in [0.1, 0.15) is 48.0 Å². The first-order valence-electron chi connectivity index (χ1n) is 7.49. The minimum absolute atomic E-state index is 0.292. The van der Waals surface area contributed by atoms with E-state index in [-0.39, 0.29) is 0 Å². The lowest BCUT2D eigenvalue weighted by atomic mass is 9.84. The fourth-order valence-electron chi connectivity index (χ4n) is 2.73. The molecular formula is C15H32N2O. The lowest BCUT2D eigenvalue weighted by Crippen LogP contribution is -2.54. The van der Waals surface area contributed by atoms with E-state index in [1.807, 2.05) is 0 Å². The Hall–Kier alpha value is -0.120. The zero-order valence-corrected chi connectivity index (χ0v) is 13.1. The summed E-state index contributed by atoms with van der Waals surface area (Å²) in [5.41, 5.74) is 0.292. The fraction of sp³-hybridized carbons (Fsp3) is 1.00. The van der Waals surface area contributed by atoms with Crippen LogP contribution in [0.3, 0.4) is 0 Å². The van der Waals surface area contributed by atoms with Gasteiger partial charge in [-0.15, -0.1) is 0 Å². The second-order valence-corrected chi connectivity index (χ2v) is 6.40. The van der Waals surface area contributed by atoms with Crippen molar-refractivity contribution in [2.24, 2.45) is 5.41 Å². The summed E-state index contributed by atoms with van der Waals surface area (Å²) in [7, 11) is 0. The topological polar surface area (TPSA) is 24.5 Å². The molecule has 3 atom stereocenters. The van der Waals surface area contributed by atoms with Gasteiger partial charge in [0.2, 0.25) is 0 Å². The van der Waals surface area contributed by atoms with E-state index in [1.54, 1.807) is 0 Å². The maximum absolute atomic E-state index is 5.78. The van der Waals surface area contributed by atoms with Gasteiger partial charge in [0.05, 0.1) is 12.7 Å². The molecule has 1 aliphatic rings. The van der Waals surface area contributed by atoms with Crippen LogP contribution in [0.4, 0.5) is 0 Å². The van der Waals surface area contributed by atoms with Crippen molar-refractivity contribution < 1.29 is 4.74 Å². The Bertz CT molecular complexity index is 243. The van der Waals surface area contributed by atoms with Crippen molar-refractivity contribution in [3.8, 4) is 0 Å². The maximum atomic E-state index is 5.78. The average Bonchev–Trinajstić information content (AvgIpc) is 2.29. The summed E-state index contributed by atoms with van der Waals surface area (Å²) in [6, 6.07) is 1.13. The third-order valence-corrected chi connectivity index (χ3v) is 4.35. The summed E-state index contributed by atoms with van der Waals surface area (Å²) < 4.78 is 5.78. The van der Waals surface area contributed by atoms with Gasteiger partial charge in [0.1, 0.15) is 0 Å². The fourth-order valence-corrected chi connectivity index (χ4v) is 2.73. The van der Waals surface area contributed by atoms with Crippen molar-refractivity contribution in [1.82, 2.24) is 10.2 Å². The first kappa shape index (κ1) is 15.9. The third kappa shape index (κ3) is 4.22. The minimum Gasteiger partial charge on any atom is -0.376 e. The van der Waals surface area contributed by atoms with Crippen molar-refractivity contribution >= 4 is 0 Å². The molecule has 0 aromatic carbocycles. The highest BCUT2D eigenvalue weighted by atomic mass is 16.5. The number of morpholine rings is 1. The molecule has 108 valence electrons. The maximum Gasteiger partial charge on any atom is 0.0674 e. The summed E-state index contributed by atoms with van der Waals surface area (Å²) in [5, 5.41) is 3.56. The molecule has 1 fully saturated rings. The normalized spacial score (nSPS) is 28.3. The number of rotatable bonds is 6. The lowest BCUT2D eigenvalue weighted by Gasteiger charge is -2.44. The molecule has 18 heavy (non-hydrogen) atoms. The van der Waals surface area contributed by atoms with Crippen molar-refractivity contribution in [2.45, 2.75) is 66.2 Å². The first-order chi connectivity index (χ1) is 8.40. The molecule has 0 radical (unpaired) electrons. The first-order valence-corrected chi connectivity index (χ1v) is 7.49. The summed E-state index contributed by atoms with van der Waals surface area (Å²) in [5.74, 6) is 0. The predicted molar refractivity (Wildman–Crippen MR) is 78.0 cm³/mol. The van der Waals surface area contributed by atoms with Crippen LogP contribution in [0.15, 0.2) is 0 Å². The molecule has 0 aromatic heterocycles. The van der Waals surface area contributed by atoms with Gasteiger partial charge in [-0.2, -0.15) is 0 Å². The SMILES string of the molecule is CCNC(C)C(C)(C)CN1CC(C)OCC1CC. The van der Waals surface area contributed by atoms with Gasteiger partial charge < -0.3 is 10.1 Å². The second kappa shape index (κ2) is 6.88. The van der Waals surface area contributed by atoms with E-state index in [4.69, 9.17) is 4.74 Å². The molecule has 1 rings (SSSR count). The number of hydrogen-bond donors (Lipinski definition) is 1. The van der Waals surface area contributed by atoms with Crippen molar-refractivity contribution in [2.75, 3.05) is 26.2 Å². The summed E-state index contributed by atoms with van der Waals surface area (Å²) >= 11 is 0. The molecule has 1 heterocycles. The minimum atomic E-state index is 0.292. The highest BCUT2D eigenvalue weighted by Gasteiger charge is 2.33. The highest BCUT2D eigenvalue weighted by Crippen LogP contribution is 2.26. The highest BCUT2D eigenvalue weighted by molar-refractivity contribution is 4.88. The standard InChI is InChI=1S/C15H32N2O/c1-7-14-10-18-12(3)9-17(14)11-15(5,6)13(4)16-8-2/h12-14,16H,7-11H2,1-6H3. The smallest absolute Gasteiger partial charge is 0.0674 e. The van der Waals surface area contributed by atoms with Crippen LogP contribution in [-0.4, -0.2) is 49.3 Å². The largest absolute Gasteiger partial charge is 0.376 e. The molecule has 3 heteroatoms. The van der Waals surface area contributed by atoms with Gasteiger partial charge in [-0.3, -0.25) is 4.90 Å². The molecule has 0 aliphatic carbocycles. The average molecular weight is 256 g/mol. The molecule has 0 spiro atoms. The van der Waals surface area contributed by atoms with Crippen LogP contribution in [-0.2, 0) is 4.74 Å². The quantitative estimate of drug-likeness (QED) is 0.790. The number of nitrogens with one attached hydrogen (secondary N) is 1. The number of nitrogens with zero attached hydrogens (tertiary/aromatic N) is 1. The predicted octanol–water partition coefficient (Wildman–Crippen LogP) is 2.51. The Morgan fingerprint density at radius 3 is 2.61 bits per heavy atom. The number of hydrogen-bond acceptors (Lipinski definition) is 3. The Balaban J connectivity index is 2.61. The molecule has 3 nitrogen and oxygen atoms in total. The third-order valence-electron chi connectivity index (χ3n) is 4.35. The molecular weight excluding hydrogens is 224 g/mol. The molecule has 0 amide bonds. The van der Waals surface area contributed by atoms with Crippen LogP contribution in [0.5, 0.6) is 0 Å². The lowest BCUT2D eigenvalue weighted by molar-refractivity contribution is -0.0689. The van der Waals surface area contributed by atoms with Gasteiger partial charge in [-0.05, 0) is 32.2 Å². The van der Waals surface area contributed by atoms with Crippen LogP contribution < -0.4 is 5.32 Å². The van der Waals surface area contributed by atoms with E-state index in [9.17, 15) is 0 Å². The summed E-state index contributed by atoms with van der Waals surface area (Å²) in [6.07, 6.45) is 1.55. The van der Waals surface area contributed by atoms with Crippen molar-refractivity contribution in [3.05, 3.63) is 0 Å². The van der Waals surface area contributed by atoms with E-state index in [0.717, 1.165) is 26.2 Å². The van der Waals surface area contributed by atoms with Crippen LogP contribution in [0.2, 0.25) is 0 Å². The van der Waals surface area contributed by atoms with Crippen molar-refractivity contribution in [3.63, 3.8) is 0 Å². The van der Waals surface area contributed by atoms with E-state index >= 15 is 0 Å². The zero-order valence-electron chi connectivity index (χ0n) is 13.1. The molecule has 0 aromatic rings. The van der Waals surface area contributed by atoms with Crippen LogP contribution >= 0.6 is 0 Å².